The first kappa shape index (κ1) is 17.6. The van der Waals surface area contributed by atoms with Crippen molar-refractivity contribution in [1.82, 2.24) is 0 Å². The molecular weight excluding hydrogens is 287 g/mol. The largest absolute Gasteiger partial charge is 0.573 e. The number of ether oxygens (including phenoxy) is 3. The lowest BCUT2D eigenvalue weighted by molar-refractivity contribution is -0.274. The summed E-state index contributed by atoms with van der Waals surface area (Å²) in [5, 5.41) is 3.09. The first-order valence-electron chi connectivity index (χ1n) is 6.77. The molecular formula is C14H20F3NO3. The van der Waals surface area contributed by atoms with Gasteiger partial charge in [-0.05, 0) is 38.1 Å². The SMILES string of the molecule is CCOC(CCNc1ccc(OC(F)(F)F)cc1)OCC. The number of nitrogens with one attached hydrogen (secondary N) is 1. The zero-order valence-electron chi connectivity index (χ0n) is 12.1. The molecule has 0 saturated heterocycles. The first-order valence-corrected chi connectivity index (χ1v) is 6.77. The minimum Gasteiger partial charge on any atom is -0.406 e. The van der Waals surface area contributed by atoms with Gasteiger partial charge in [0, 0.05) is 31.9 Å². The van der Waals surface area contributed by atoms with Gasteiger partial charge in [0.25, 0.3) is 0 Å². The van der Waals surface area contributed by atoms with Gasteiger partial charge in [-0.2, -0.15) is 0 Å². The Morgan fingerprint density at radius 1 is 1.05 bits per heavy atom. The molecule has 0 bridgehead atoms. The van der Waals surface area contributed by atoms with Gasteiger partial charge in [-0.3, -0.25) is 0 Å². The molecule has 0 spiro atoms. The van der Waals surface area contributed by atoms with Gasteiger partial charge < -0.3 is 19.5 Å². The van der Waals surface area contributed by atoms with Crippen LogP contribution in [0.4, 0.5) is 18.9 Å². The van der Waals surface area contributed by atoms with E-state index in [0.29, 0.717) is 31.9 Å². The quantitative estimate of drug-likeness (QED) is 0.705. The molecule has 120 valence electrons. The van der Waals surface area contributed by atoms with Crippen LogP contribution in [0.5, 0.6) is 5.75 Å². The molecule has 0 fully saturated rings. The normalized spacial score (nSPS) is 11.7. The van der Waals surface area contributed by atoms with Crippen LogP contribution in [0.15, 0.2) is 24.3 Å². The Labute approximate surface area is 122 Å². The second-order valence-corrected chi connectivity index (χ2v) is 4.13. The zero-order chi connectivity index (χ0) is 15.7. The summed E-state index contributed by atoms with van der Waals surface area (Å²) in [5.41, 5.74) is 0.705. The third-order valence-corrected chi connectivity index (χ3v) is 2.50. The van der Waals surface area contributed by atoms with E-state index in [1.165, 1.54) is 24.3 Å². The highest BCUT2D eigenvalue weighted by molar-refractivity contribution is 5.46. The summed E-state index contributed by atoms with van der Waals surface area (Å²) < 4.78 is 50.6. The number of hydrogen-bond acceptors (Lipinski definition) is 4. The molecule has 0 aliphatic carbocycles. The topological polar surface area (TPSA) is 39.7 Å². The lowest BCUT2D eigenvalue weighted by Gasteiger charge is -2.17. The van der Waals surface area contributed by atoms with Crippen molar-refractivity contribution in [2.45, 2.75) is 32.9 Å². The van der Waals surface area contributed by atoms with Crippen molar-refractivity contribution in [2.24, 2.45) is 0 Å². The van der Waals surface area contributed by atoms with Gasteiger partial charge in [0.2, 0.25) is 0 Å². The van der Waals surface area contributed by atoms with Crippen molar-refractivity contribution in [3.8, 4) is 5.75 Å². The smallest absolute Gasteiger partial charge is 0.406 e. The van der Waals surface area contributed by atoms with Crippen molar-refractivity contribution in [3.63, 3.8) is 0 Å². The fourth-order valence-corrected chi connectivity index (χ4v) is 1.70. The van der Waals surface area contributed by atoms with Crippen LogP contribution in [0.25, 0.3) is 0 Å². The van der Waals surface area contributed by atoms with E-state index >= 15 is 0 Å². The molecule has 0 aliphatic rings. The summed E-state index contributed by atoms with van der Waals surface area (Å²) in [5.74, 6) is -0.241. The van der Waals surface area contributed by atoms with E-state index in [-0.39, 0.29) is 12.0 Å². The Balaban J connectivity index is 2.38. The number of alkyl halides is 3. The fraction of sp³-hybridized carbons (Fsp3) is 0.571. The van der Waals surface area contributed by atoms with Crippen LogP contribution in [-0.2, 0) is 9.47 Å². The van der Waals surface area contributed by atoms with Gasteiger partial charge in [0.1, 0.15) is 5.75 Å². The van der Waals surface area contributed by atoms with Crippen molar-refractivity contribution in [2.75, 3.05) is 25.1 Å². The Hall–Kier alpha value is -1.47. The Bertz CT molecular complexity index is 389. The highest BCUT2D eigenvalue weighted by Gasteiger charge is 2.30. The van der Waals surface area contributed by atoms with E-state index in [2.05, 4.69) is 10.1 Å². The molecule has 1 aromatic carbocycles. The molecule has 0 radical (unpaired) electrons. The van der Waals surface area contributed by atoms with E-state index < -0.39 is 6.36 Å². The third-order valence-electron chi connectivity index (χ3n) is 2.50. The molecule has 0 unspecified atom stereocenters. The van der Waals surface area contributed by atoms with E-state index in [9.17, 15) is 13.2 Å². The molecule has 1 aromatic rings. The number of hydrogen-bond donors (Lipinski definition) is 1. The van der Waals surface area contributed by atoms with Crippen molar-refractivity contribution in [3.05, 3.63) is 24.3 Å². The fourth-order valence-electron chi connectivity index (χ4n) is 1.70. The highest BCUT2D eigenvalue weighted by atomic mass is 19.4. The predicted octanol–water partition coefficient (Wildman–Crippen LogP) is 3.79. The second kappa shape index (κ2) is 8.74. The molecule has 0 atom stereocenters. The van der Waals surface area contributed by atoms with Gasteiger partial charge in [-0.15, -0.1) is 13.2 Å². The average molecular weight is 307 g/mol. The molecule has 0 amide bonds. The number of rotatable bonds is 9. The minimum atomic E-state index is -4.67. The van der Waals surface area contributed by atoms with Gasteiger partial charge in [-0.1, -0.05) is 0 Å². The predicted molar refractivity (Wildman–Crippen MR) is 73.3 cm³/mol. The summed E-state index contributed by atoms with van der Waals surface area (Å²) in [4.78, 5) is 0. The van der Waals surface area contributed by atoms with Gasteiger partial charge in [0.05, 0.1) is 0 Å². The molecule has 0 aliphatic heterocycles. The first-order chi connectivity index (χ1) is 9.94. The van der Waals surface area contributed by atoms with Gasteiger partial charge in [-0.25, -0.2) is 0 Å². The molecule has 4 nitrogen and oxygen atoms in total. The lowest BCUT2D eigenvalue weighted by atomic mass is 10.3. The van der Waals surface area contributed by atoms with Crippen LogP contribution in [-0.4, -0.2) is 32.4 Å². The summed E-state index contributed by atoms with van der Waals surface area (Å²) >= 11 is 0. The monoisotopic (exact) mass is 307 g/mol. The van der Waals surface area contributed by atoms with Crippen LogP contribution in [0.3, 0.4) is 0 Å². The molecule has 0 saturated carbocycles. The molecule has 1 N–H and O–H groups in total. The van der Waals surface area contributed by atoms with Crippen LogP contribution in [0.1, 0.15) is 20.3 Å². The van der Waals surface area contributed by atoms with Crippen molar-refractivity contribution in [1.29, 1.82) is 0 Å². The highest BCUT2D eigenvalue weighted by Crippen LogP contribution is 2.23. The maximum atomic E-state index is 12.0. The minimum absolute atomic E-state index is 0.241. The summed E-state index contributed by atoms with van der Waals surface area (Å²) in [6, 6.07) is 5.58. The summed E-state index contributed by atoms with van der Waals surface area (Å²) in [7, 11) is 0. The third kappa shape index (κ3) is 7.77. The maximum Gasteiger partial charge on any atom is 0.573 e. The Kier molecular flexibility index (Phi) is 7.31. The van der Waals surface area contributed by atoms with E-state index in [4.69, 9.17) is 9.47 Å². The lowest BCUT2D eigenvalue weighted by Crippen LogP contribution is -2.21. The number of anilines is 1. The van der Waals surface area contributed by atoms with E-state index in [0.717, 1.165) is 0 Å². The molecule has 1 rings (SSSR count). The standard InChI is InChI=1S/C14H20F3NO3/c1-3-19-13(20-4-2)9-10-18-11-5-7-12(8-6-11)21-14(15,16)17/h5-8,13,18H,3-4,9-10H2,1-2H3. The molecule has 0 aromatic heterocycles. The number of benzene rings is 1. The van der Waals surface area contributed by atoms with Gasteiger partial charge in [0.15, 0.2) is 6.29 Å². The Morgan fingerprint density at radius 2 is 1.62 bits per heavy atom. The van der Waals surface area contributed by atoms with Crippen LogP contribution in [0.2, 0.25) is 0 Å². The second-order valence-electron chi connectivity index (χ2n) is 4.13. The van der Waals surface area contributed by atoms with Crippen LogP contribution >= 0.6 is 0 Å². The van der Waals surface area contributed by atoms with Crippen molar-refractivity contribution < 1.29 is 27.4 Å². The summed E-state index contributed by atoms with van der Waals surface area (Å²) in [6.07, 6.45) is -4.31. The molecule has 0 heterocycles. The van der Waals surface area contributed by atoms with Crippen molar-refractivity contribution >= 4 is 5.69 Å². The summed E-state index contributed by atoms with van der Waals surface area (Å²) in [6.45, 7) is 5.49. The number of halogens is 3. The van der Waals surface area contributed by atoms with E-state index in [1.54, 1.807) is 0 Å². The van der Waals surface area contributed by atoms with Gasteiger partial charge >= 0.3 is 6.36 Å². The Morgan fingerprint density at radius 3 is 2.10 bits per heavy atom. The van der Waals surface area contributed by atoms with Crippen LogP contribution in [0, 0.1) is 0 Å². The van der Waals surface area contributed by atoms with E-state index in [1.807, 2.05) is 13.8 Å². The maximum absolute atomic E-state index is 12.0. The van der Waals surface area contributed by atoms with Crippen LogP contribution < -0.4 is 10.1 Å². The zero-order valence-corrected chi connectivity index (χ0v) is 12.1. The molecule has 21 heavy (non-hydrogen) atoms. The average Bonchev–Trinajstić information content (AvgIpc) is 2.39. The molecule has 7 heteroatoms.